The Kier molecular flexibility index (Phi) is 61.4. The first-order valence-corrected chi connectivity index (χ1v) is 44.6. The second-order valence-electron chi connectivity index (χ2n) is 30.9. The van der Waals surface area contributed by atoms with Crippen molar-refractivity contribution in [3.05, 3.63) is 0 Å². The van der Waals surface area contributed by atoms with Crippen molar-refractivity contribution in [3.63, 3.8) is 0 Å². The van der Waals surface area contributed by atoms with E-state index in [-0.39, 0.29) is 25.7 Å². The molecule has 0 radical (unpaired) electrons. The van der Waals surface area contributed by atoms with Crippen LogP contribution in [0.3, 0.4) is 0 Å². The number of phosphoric acid groups is 1. The fraction of sp³-hybridized carbons (Fsp3) is 0.951. The molecule has 2 aliphatic rings. The predicted octanol–water partition coefficient (Wildman–Crippen LogP) is 17.2. The molecule has 0 aliphatic carbocycles. The molecule has 2 aliphatic heterocycles. The zero-order valence-corrected chi connectivity index (χ0v) is 67.0. The van der Waals surface area contributed by atoms with Crippen LogP contribution >= 0.6 is 7.82 Å². The summed E-state index contributed by atoms with van der Waals surface area (Å²) in [6.45, 7) is 7.29. The fourth-order valence-corrected chi connectivity index (χ4v) is 15.0. The molecular weight excluding hydrogens is 1350 g/mol. The highest BCUT2D eigenvalue weighted by molar-refractivity contribution is 7.46. The predicted molar refractivity (Wildman–Crippen MR) is 412 cm³/mol. The number of esters is 2. The zero-order chi connectivity index (χ0) is 76.1. The van der Waals surface area contributed by atoms with Crippen molar-refractivity contribution in [2.24, 2.45) is 0 Å². The van der Waals surface area contributed by atoms with Crippen LogP contribution in [0, 0.1) is 0 Å². The van der Waals surface area contributed by atoms with Crippen LogP contribution < -0.4 is 10.6 Å². The van der Waals surface area contributed by atoms with Crippen LogP contribution in [0.1, 0.15) is 407 Å². The Bertz CT molecular complexity index is 2100. The topological polar surface area (TPSA) is 327 Å². The summed E-state index contributed by atoms with van der Waals surface area (Å²) < 4.78 is 47.8. The minimum atomic E-state index is -5.52. The van der Waals surface area contributed by atoms with Crippen molar-refractivity contribution >= 4 is 31.6 Å². The van der Waals surface area contributed by atoms with E-state index < -0.39 is 137 Å². The Morgan fingerprint density at radius 3 is 1.12 bits per heavy atom. The minimum absolute atomic E-state index is 0.195. The highest BCUT2D eigenvalue weighted by atomic mass is 31.2. The highest BCUT2D eigenvalue weighted by Gasteiger charge is 2.52. The molecule has 2 heterocycles. The Balaban J connectivity index is 2.27. The molecule has 10 N–H and O–H groups in total. The zero-order valence-electron chi connectivity index (χ0n) is 66.2. The quantitative estimate of drug-likeness (QED) is 0.0154. The molecule has 2 amide bonds. The van der Waals surface area contributed by atoms with E-state index in [0.717, 1.165) is 96.3 Å². The third-order valence-corrected chi connectivity index (χ3v) is 21.6. The van der Waals surface area contributed by atoms with Crippen molar-refractivity contribution in [1.29, 1.82) is 0 Å². The van der Waals surface area contributed by atoms with Gasteiger partial charge in [0.25, 0.3) is 0 Å². The van der Waals surface area contributed by atoms with Gasteiger partial charge in [0.1, 0.15) is 48.7 Å². The standard InChI is InChI=1S/C82H157N2O19P/c1-5-9-13-17-21-25-29-33-37-41-45-49-53-57-66(86)61-71(88)84-76-80(102-74(91)62-67(87)58-54-50-46-42-38-34-30-26-22-18-14-10-6-2)78(93)70(101-82(76)103-104(95,96)97)65-98-81-75(79(94)77(92)69(64-85)100-81)83-72(89)63-68(59-55-51-47-43-39-35-31-27-23-19-15-11-7-3)99-73(90)60-56-52-48-44-40-36-32-28-24-20-16-12-8-4/h66-70,75-82,85-87,92-94H,5-65H2,1-4H3,(H,83,89)(H,84,88)(H2,95,96,97)/t66-,67-,68-,69-,70-,75-,76-,77-,78-,79-,80-,81-,82-/m1/s1. The lowest BCUT2D eigenvalue weighted by Crippen LogP contribution is -2.67. The number of aliphatic hydroxyl groups is 6. The molecule has 2 rings (SSSR count). The van der Waals surface area contributed by atoms with Crippen LogP contribution in [0.2, 0.25) is 0 Å². The van der Waals surface area contributed by atoms with E-state index in [4.69, 9.17) is 28.2 Å². The van der Waals surface area contributed by atoms with Gasteiger partial charge >= 0.3 is 19.8 Å². The van der Waals surface area contributed by atoms with Crippen molar-refractivity contribution in [2.45, 2.75) is 486 Å². The van der Waals surface area contributed by atoms with Crippen molar-refractivity contribution < 1.29 is 92.4 Å². The number of amides is 2. The summed E-state index contributed by atoms with van der Waals surface area (Å²) in [5.74, 6) is -2.96. The second-order valence-corrected chi connectivity index (χ2v) is 32.1. The molecule has 0 unspecified atom stereocenters. The Morgan fingerprint density at radius 2 is 0.731 bits per heavy atom. The van der Waals surface area contributed by atoms with Crippen LogP contribution in [0.15, 0.2) is 0 Å². The molecule has 104 heavy (non-hydrogen) atoms. The third-order valence-electron chi connectivity index (χ3n) is 21.1. The van der Waals surface area contributed by atoms with E-state index in [1.165, 1.54) is 212 Å². The lowest BCUT2D eigenvalue weighted by Gasteiger charge is -2.45. The van der Waals surface area contributed by atoms with E-state index in [1.54, 1.807) is 0 Å². The maximum absolute atomic E-state index is 14.2. The summed E-state index contributed by atoms with van der Waals surface area (Å²) >= 11 is 0. The molecule has 0 saturated carbocycles. The van der Waals surface area contributed by atoms with E-state index in [0.29, 0.717) is 32.1 Å². The van der Waals surface area contributed by atoms with Gasteiger partial charge < -0.3 is 74.7 Å². The average Bonchev–Trinajstić information content (AvgIpc) is 0.790. The van der Waals surface area contributed by atoms with Crippen LogP contribution in [0.5, 0.6) is 0 Å². The maximum atomic E-state index is 14.2. The Morgan fingerprint density at radius 1 is 0.394 bits per heavy atom. The number of aliphatic hydroxyl groups excluding tert-OH is 6. The van der Waals surface area contributed by atoms with Gasteiger partial charge in [0.15, 0.2) is 18.7 Å². The summed E-state index contributed by atoms with van der Waals surface area (Å²) in [7, 11) is -5.52. The molecule has 0 aromatic carbocycles. The number of rotatable bonds is 72. The first-order chi connectivity index (χ1) is 50.4. The first-order valence-electron chi connectivity index (χ1n) is 43.0. The Labute approximate surface area is 631 Å². The first kappa shape index (κ1) is 97.7. The number of carbonyl (C=O) groups is 4. The van der Waals surface area contributed by atoms with Crippen molar-refractivity contribution in [1.82, 2.24) is 10.6 Å². The number of ether oxygens (including phenoxy) is 5. The molecule has 2 saturated heterocycles. The number of nitrogens with one attached hydrogen (secondary N) is 2. The summed E-state index contributed by atoms with van der Waals surface area (Å²) in [6.07, 6.45) is 41.5. The van der Waals surface area contributed by atoms with Crippen LogP contribution in [0.25, 0.3) is 0 Å². The lowest BCUT2D eigenvalue weighted by atomic mass is 9.95. The minimum Gasteiger partial charge on any atom is -0.462 e. The summed E-state index contributed by atoms with van der Waals surface area (Å²) in [5.41, 5.74) is 0. The van der Waals surface area contributed by atoms with Gasteiger partial charge in [0, 0.05) is 6.42 Å². The molecule has 0 spiro atoms. The summed E-state index contributed by atoms with van der Waals surface area (Å²) in [4.78, 5) is 75.9. The molecule has 0 aromatic rings. The largest absolute Gasteiger partial charge is 0.472 e. The van der Waals surface area contributed by atoms with Crippen molar-refractivity contribution in [3.8, 4) is 0 Å². The smallest absolute Gasteiger partial charge is 0.462 e. The van der Waals surface area contributed by atoms with Gasteiger partial charge in [-0.1, -0.05) is 349 Å². The molecule has 21 nitrogen and oxygen atoms in total. The van der Waals surface area contributed by atoms with Gasteiger partial charge in [0.05, 0.1) is 44.7 Å². The van der Waals surface area contributed by atoms with Crippen LogP contribution in [0.4, 0.5) is 0 Å². The second kappa shape index (κ2) is 65.4. The number of unbranched alkanes of at least 4 members (excludes halogenated alkanes) is 48. The van der Waals surface area contributed by atoms with E-state index in [1.807, 2.05) is 0 Å². The van der Waals surface area contributed by atoms with Crippen LogP contribution in [-0.2, 0) is 52.0 Å². The normalized spacial score (nSPS) is 21.6. The Hall–Kier alpha value is -2.37. The number of hydrogen-bond acceptors (Lipinski definition) is 17. The fourth-order valence-electron chi connectivity index (χ4n) is 14.6. The lowest BCUT2D eigenvalue weighted by molar-refractivity contribution is -0.297. The molecule has 13 atom stereocenters. The molecule has 0 aromatic heterocycles. The molecule has 614 valence electrons. The van der Waals surface area contributed by atoms with Gasteiger partial charge in [-0.25, -0.2) is 4.57 Å². The third kappa shape index (κ3) is 51.2. The van der Waals surface area contributed by atoms with Gasteiger partial charge in [-0.15, -0.1) is 0 Å². The number of hydrogen-bond donors (Lipinski definition) is 10. The van der Waals surface area contributed by atoms with Gasteiger partial charge in [-0.2, -0.15) is 0 Å². The maximum Gasteiger partial charge on any atom is 0.472 e. The van der Waals surface area contributed by atoms with E-state index >= 15 is 0 Å². The molecule has 22 heteroatoms. The number of carbonyl (C=O) groups excluding carboxylic acids is 4. The molecule has 2 fully saturated rings. The summed E-state index contributed by atoms with van der Waals surface area (Å²) in [5, 5.41) is 72.7. The van der Waals surface area contributed by atoms with Gasteiger partial charge in [-0.3, -0.25) is 23.7 Å². The van der Waals surface area contributed by atoms with Crippen molar-refractivity contribution in [2.75, 3.05) is 13.2 Å². The van der Waals surface area contributed by atoms with Gasteiger partial charge in [-0.05, 0) is 32.1 Å². The summed E-state index contributed by atoms with van der Waals surface area (Å²) in [6, 6.07) is -3.37. The average molecular weight is 1510 g/mol. The number of phosphoric ester groups is 1. The van der Waals surface area contributed by atoms with E-state index in [2.05, 4.69) is 38.3 Å². The van der Waals surface area contributed by atoms with E-state index in [9.17, 15) is 64.2 Å². The monoisotopic (exact) mass is 1510 g/mol. The highest BCUT2D eigenvalue weighted by Crippen LogP contribution is 2.42. The molecule has 0 bridgehead atoms. The van der Waals surface area contributed by atoms with Gasteiger partial charge in [0.2, 0.25) is 11.8 Å². The van der Waals surface area contributed by atoms with Crippen LogP contribution in [-0.4, -0.2) is 157 Å². The SMILES string of the molecule is CCCCCCCCCCCCCCCC(=O)O[C@H](CCCCCCCCCCCCCCC)CC(=O)N[C@H]1[C@H](OC[C@H]2O[C@H](OP(=O)(O)O)[C@H](NC(=O)C[C@H](O)CCCCCCCCCCCCCCC)[C@@H](OC(=O)C[C@H](O)CCCCCCCCCCCCCCC)[C@@H]2O)O[C@H](CO)[C@@H](O)[C@@H]1O. The molecular formula is C82H157N2O19P.